The van der Waals surface area contributed by atoms with E-state index in [9.17, 15) is 9.59 Å². The normalized spacial score (nSPS) is 16.7. The first-order valence-electron chi connectivity index (χ1n) is 9.08. The Morgan fingerprint density at radius 2 is 1.85 bits per heavy atom. The molecule has 1 fully saturated rings. The van der Waals surface area contributed by atoms with E-state index in [4.69, 9.17) is 0 Å². The van der Waals surface area contributed by atoms with E-state index in [0.717, 1.165) is 23.4 Å². The van der Waals surface area contributed by atoms with Crippen molar-refractivity contribution >= 4 is 17.5 Å². The molecule has 0 saturated carbocycles. The molecule has 2 aromatic rings. The minimum absolute atomic E-state index is 0.0370. The van der Waals surface area contributed by atoms with Crippen LogP contribution in [0.15, 0.2) is 54.6 Å². The molecule has 0 bridgehead atoms. The van der Waals surface area contributed by atoms with Gasteiger partial charge in [-0.1, -0.05) is 55.5 Å². The first kappa shape index (κ1) is 18.1. The van der Waals surface area contributed by atoms with Gasteiger partial charge in [-0.05, 0) is 23.7 Å². The highest BCUT2D eigenvalue weighted by molar-refractivity contribution is 5.97. The number of carbonyl (C=O) groups is 2. The van der Waals surface area contributed by atoms with Gasteiger partial charge < -0.3 is 15.5 Å². The summed E-state index contributed by atoms with van der Waals surface area (Å²) >= 11 is 0. The number of hydrogen-bond acceptors (Lipinski definition) is 3. The predicted molar refractivity (Wildman–Crippen MR) is 102 cm³/mol. The number of hydrogen-bond donors (Lipinski definition) is 2. The molecule has 1 aliphatic rings. The van der Waals surface area contributed by atoms with Crippen LogP contribution in [0.5, 0.6) is 0 Å². The summed E-state index contributed by atoms with van der Waals surface area (Å²) in [6, 6.07) is 17.6. The third kappa shape index (κ3) is 4.49. The molecule has 2 N–H and O–H groups in total. The van der Waals surface area contributed by atoms with Gasteiger partial charge in [0.15, 0.2) is 0 Å². The van der Waals surface area contributed by atoms with E-state index in [0.29, 0.717) is 19.6 Å². The summed E-state index contributed by atoms with van der Waals surface area (Å²) in [6.45, 7) is 4.65. The SMILES string of the molecule is CCNCc1ccccc1NC(=O)C1CC(=O)N(Cc2ccccc2)C1. The third-order valence-corrected chi connectivity index (χ3v) is 4.64. The van der Waals surface area contributed by atoms with Gasteiger partial charge in [0.2, 0.25) is 11.8 Å². The van der Waals surface area contributed by atoms with E-state index in [1.54, 1.807) is 4.90 Å². The first-order valence-corrected chi connectivity index (χ1v) is 9.08. The largest absolute Gasteiger partial charge is 0.338 e. The number of carbonyl (C=O) groups excluding carboxylic acids is 2. The van der Waals surface area contributed by atoms with E-state index in [2.05, 4.69) is 10.6 Å². The van der Waals surface area contributed by atoms with Crippen molar-refractivity contribution in [1.29, 1.82) is 0 Å². The summed E-state index contributed by atoms with van der Waals surface area (Å²) in [4.78, 5) is 26.7. The highest BCUT2D eigenvalue weighted by atomic mass is 16.2. The molecule has 0 radical (unpaired) electrons. The molecule has 3 rings (SSSR count). The Balaban J connectivity index is 1.62. The van der Waals surface area contributed by atoms with Crippen LogP contribution < -0.4 is 10.6 Å². The second-order valence-corrected chi connectivity index (χ2v) is 6.59. The van der Waals surface area contributed by atoms with Crippen molar-refractivity contribution < 1.29 is 9.59 Å². The quantitative estimate of drug-likeness (QED) is 0.806. The fourth-order valence-electron chi connectivity index (χ4n) is 3.20. The highest BCUT2D eigenvalue weighted by Crippen LogP contribution is 2.23. The van der Waals surface area contributed by atoms with Crippen LogP contribution in [0.25, 0.3) is 0 Å². The molecular weight excluding hydrogens is 326 g/mol. The zero-order valence-corrected chi connectivity index (χ0v) is 15.1. The van der Waals surface area contributed by atoms with Gasteiger partial charge in [0.25, 0.3) is 0 Å². The van der Waals surface area contributed by atoms with Gasteiger partial charge in [-0.25, -0.2) is 0 Å². The van der Waals surface area contributed by atoms with Crippen LogP contribution in [0, 0.1) is 5.92 Å². The fraction of sp³-hybridized carbons (Fsp3) is 0.333. The summed E-state index contributed by atoms with van der Waals surface area (Å²) in [5.74, 6) is -0.355. The Kier molecular flexibility index (Phi) is 6.02. The molecule has 0 aromatic heterocycles. The lowest BCUT2D eigenvalue weighted by molar-refractivity contribution is -0.128. The molecular formula is C21H25N3O2. The average molecular weight is 351 g/mol. The summed E-state index contributed by atoms with van der Waals surface area (Å²) in [5, 5.41) is 6.28. The van der Waals surface area contributed by atoms with Gasteiger partial charge >= 0.3 is 0 Å². The summed E-state index contributed by atoms with van der Waals surface area (Å²) in [6.07, 6.45) is 0.272. The molecule has 5 heteroatoms. The van der Waals surface area contributed by atoms with Crippen LogP contribution in [0.4, 0.5) is 5.69 Å². The minimum Gasteiger partial charge on any atom is -0.338 e. The molecule has 0 aliphatic carbocycles. The van der Waals surface area contributed by atoms with Crippen LogP contribution in [-0.2, 0) is 22.7 Å². The van der Waals surface area contributed by atoms with Crippen LogP contribution in [-0.4, -0.2) is 29.8 Å². The van der Waals surface area contributed by atoms with Gasteiger partial charge in [-0.3, -0.25) is 9.59 Å². The van der Waals surface area contributed by atoms with Crippen molar-refractivity contribution in [2.45, 2.75) is 26.4 Å². The minimum atomic E-state index is -0.307. The Morgan fingerprint density at radius 3 is 2.62 bits per heavy atom. The molecule has 0 spiro atoms. The monoisotopic (exact) mass is 351 g/mol. The lowest BCUT2D eigenvalue weighted by atomic mass is 10.1. The Morgan fingerprint density at radius 1 is 1.12 bits per heavy atom. The standard InChI is InChI=1S/C21H25N3O2/c1-2-22-13-17-10-6-7-11-19(17)23-21(26)18-12-20(25)24(15-18)14-16-8-4-3-5-9-16/h3-11,18,22H,2,12-15H2,1H3,(H,23,26). The third-order valence-electron chi connectivity index (χ3n) is 4.64. The average Bonchev–Trinajstić information content (AvgIpc) is 3.02. The molecule has 26 heavy (non-hydrogen) atoms. The molecule has 2 amide bonds. The molecule has 1 aliphatic heterocycles. The second-order valence-electron chi connectivity index (χ2n) is 6.59. The number of rotatable bonds is 7. The smallest absolute Gasteiger partial charge is 0.229 e. The number of anilines is 1. The van der Waals surface area contributed by atoms with Gasteiger partial charge in [-0.15, -0.1) is 0 Å². The summed E-state index contributed by atoms with van der Waals surface area (Å²) in [5.41, 5.74) is 2.94. The van der Waals surface area contributed by atoms with Crippen LogP contribution in [0.3, 0.4) is 0 Å². The maximum atomic E-state index is 12.7. The van der Waals surface area contributed by atoms with Crippen molar-refractivity contribution in [2.24, 2.45) is 5.92 Å². The number of para-hydroxylation sites is 1. The Hall–Kier alpha value is -2.66. The topological polar surface area (TPSA) is 61.4 Å². The molecule has 1 unspecified atom stereocenters. The van der Waals surface area contributed by atoms with E-state index >= 15 is 0 Å². The number of nitrogens with zero attached hydrogens (tertiary/aromatic N) is 1. The van der Waals surface area contributed by atoms with Gasteiger partial charge in [-0.2, -0.15) is 0 Å². The van der Waals surface area contributed by atoms with E-state index in [1.807, 2.05) is 61.5 Å². The Labute approximate surface area is 154 Å². The van der Waals surface area contributed by atoms with Crippen LogP contribution >= 0.6 is 0 Å². The second kappa shape index (κ2) is 8.63. The molecule has 1 saturated heterocycles. The Bertz CT molecular complexity index is 761. The summed E-state index contributed by atoms with van der Waals surface area (Å²) < 4.78 is 0. The van der Waals surface area contributed by atoms with E-state index in [1.165, 1.54) is 0 Å². The van der Waals surface area contributed by atoms with Crippen molar-refractivity contribution in [1.82, 2.24) is 10.2 Å². The molecule has 136 valence electrons. The van der Waals surface area contributed by atoms with Gasteiger partial charge in [0.05, 0.1) is 5.92 Å². The zero-order valence-electron chi connectivity index (χ0n) is 15.1. The molecule has 1 atom stereocenters. The first-order chi connectivity index (χ1) is 12.7. The highest BCUT2D eigenvalue weighted by Gasteiger charge is 2.34. The van der Waals surface area contributed by atoms with Crippen molar-refractivity contribution in [2.75, 3.05) is 18.4 Å². The lowest BCUT2D eigenvalue weighted by Crippen LogP contribution is -2.28. The van der Waals surface area contributed by atoms with Crippen LogP contribution in [0.1, 0.15) is 24.5 Å². The number of amides is 2. The van der Waals surface area contributed by atoms with Gasteiger partial charge in [0.1, 0.15) is 0 Å². The van der Waals surface area contributed by atoms with E-state index < -0.39 is 0 Å². The molecule has 5 nitrogen and oxygen atoms in total. The predicted octanol–water partition coefficient (Wildman–Crippen LogP) is 2.78. The number of nitrogens with one attached hydrogen (secondary N) is 2. The lowest BCUT2D eigenvalue weighted by Gasteiger charge is -2.17. The number of likely N-dealkylation sites (tertiary alicyclic amines) is 1. The van der Waals surface area contributed by atoms with Crippen molar-refractivity contribution in [3.05, 3.63) is 65.7 Å². The van der Waals surface area contributed by atoms with E-state index in [-0.39, 0.29) is 24.2 Å². The molecule has 1 heterocycles. The maximum absolute atomic E-state index is 12.7. The van der Waals surface area contributed by atoms with Crippen molar-refractivity contribution in [3.63, 3.8) is 0 Å². The fourth-order valence-corrected chi connectivity index (χ4v) is 3.20. The molecule has 2 aromatic carbocycles. The van der Waals surface area contributed by atoms with Gasteiger partial charge in [0, 0.05) is 31.7 Å². The summed E-state index contributed by atoms with van der Waals surface area (Å²) in [7, 11) is 0. The zero-order chi connectivity index (χ0) is 18.4. The van der Waals surface area contributed by atoms with Crippen molar-refractivity contribution in [3.8, 4) is 0 Å². The van der Waals surface area contributed by atoms with Crippen LogP contribution in [0.2, 0.25) is 0 Å². The number of benzene rings is 2. The maximum Gasteiger partial charge on any atom is 0.229 e.